The maximum Gasteiger partial charge on any atom is 0.0794 e. The van der Waals surface area contributed by atoms with Gasteiger partial charge >= 0.3 is 0 Å². The zero-order valence-electron chi connectivity index (χ0n) is 9.25. The Labute approximate surface area is 95.3 Å². The van der Waals surface area contributed by atoms with E-state index in [0.29, 0.717) is 5.41 Å². The highest BCUT2D eigenvalue weighted by molar-refractivity contribution is 7.07. The van der Waals surface area contributed by atoms with Gasteiger partial charge in [-0.05, 0) is 18.4 Å². The number of rotatable bonds is 5. The molecule has 1 aliphatic rings. The Kier molecular flexibility index (Phi) is 3.72. The van der Waals surface area contributed by atoms with E-state index in [4.69, 9.17) is 0 Å². The summed E-state index contributed by atoms with van der Waals surface area (Å²) < 4.78 is 0. The highest BCUT2D eigenvalue weighted by Crippen LogP contribution is 2.22. The third-order valence-corrected chi connectivity index (χ3v) is 3.69. The minimum atomic E-state index is 0.460. The average Bonchev–Trinajstić information content (AvgIpc) is 2.84. The molecule has 84 valence electrons. The molecule has 1 atom stereocenters. The van der Waals surface area contributed by atoms with Crippen LogP contribution in [0.15, 0.2) is 10.9 Å². The summed E-state index contributed by atoms with van der Waals surface area (Å²) in [6.07, 6.45) is 2.34. The van der Waals surface area contributed by atoms with Crippen molar-refractivity contribution >= 4 is 11.3 Å². The molecule has 1 aliphatic heterocycles. The normalized spacial score (nSPS) is 25.9. The molecule has 3 nitrogen and oxygen atoms in total. The molecule has 0 amide bonds. The van der Waals surface area contributed by atoms with Gasteiger partial charge in [-0.1, -0.05) is 6.92 Å². The van der Waals surface area contributed by atoms with E-state index >= 15 is 0 Å². The summed E-state index contributed by atoms with van der Waals surface area (Å²) in [6.45, 7) is 6.83. The van der Waals surface area contributed by atoms with Gasteiger partial charge in [0, 0.05) is 31.4 Å². The second-order valence-electron chi connectivity index (χ2n) is 4.64. The molecule has 0 saturated carbocycles. The van der Waals surface area contributed by atoms with Gasteiger partial charge in [-0.15, -0.1) is 11.3 Å². The predicted octanol–water partition coefficient (Wildman–Crippen LogP) is 1.27. The third-order valence-electron chi connectivity index (χ3n) is 3.05. The van der Waals surface area contributed by atoms with Crippen molar-refractivity contribution in [3.63, 3.8) is 0 Å². The summed E-state index contributed by atoms with van der Waals surface area (Å²) in [6, 6.07) is 0. The van der Waals surface area contributed by atoms with Crippen LogP contribution in [0.3, 0.4) is 0 Å². The molecule has 1 aromatic heterocycles. The average molecular weight is 225 g/mol. The van der Waals surface area contributed by atoms with E-state index in [-0.39, 0.29) is 0 Å². The van der Waals surface area contributed by atoms with Gasteiger partial charge in [0.1, 0.15) is 0 Å². The number of nitrogens with zero attached hydrogens (tertiary/aromatic N) is 1. The number of nitrogens with one attached hydrogen (secondary N) is 2. The van der Waals surface area contributed by atoms with E-state index in [0.717, 1.165) is 26.1 Å². The van der Waals surface area contributed by atoms with Gasteiger partial charge in [0.05, 0.1) is 11.2 Å². The van der Waals surface area contributed by atoms with Crippen LogP contribution in [0.5, 0.6) is 0 Å². The lowest BCUT2D eigenvalue weighted by Gasteiger charge is -2.22. The van der Waals surface area contributed by atoms with Crippen molar-refractivity contribution in [3.05, 3.63) is 16.6 Å². The second kappa shape index (κ2) is 5.05. The predicted molar refractivity (Wildman–Crippen MR) is 64.3 cm³/mol. The second-order valence-corrected chi connectivity index (χ2v) is 5.36. The summed E-state index contributed by atoms with van der Waals surface area (Å²) in [5.41, 5.74) is 3.57. The maximum atomic E-state index is 4.27. The van der Waals surface area contributed by atoms with Crippen molar-refractivity contribution in [1.82, 2.24) is 15.6 Å². The van der Waals surface area contributed by atoms with Gasteiger partial charge in [-0.2, -0.15) is 0 Å². The first-order chi connectivity index (χ1) is 7.29. The number of thiazole rings is 1. The molecule has 0 aliphatic carbocycles. The minimum Gasteiger partial charge on any atom is -0.316 e. The lowest BCUT2D eigenvalue weighted by Crippen LogP contribution is -2.34. The molecule has 2 rings (SSSR count). The molecule has 2 N–H and O–H groups in total. The monoisotopic (exact) mass is 225 g/mol. The summed E-state index contributed by atoms with van der Waals surface area (Å²) in [7, 11) is 0. The van der Waals surface area contributed by atoms with Crippen molar-refractivity contribution in [2.24, 2.45) is 5.41 Å². The lowest BCUT2D eigenvalue weighted by molar-refractivity contribution is 0.341. The Morgan fingerprint density at radius 3 is 3.27 bits per heavy atom. The van der Waals surface area contributed by atoms with Crippen LogP contribution in [-0.2, 0) is 6.42 Å². The Morgan fingerprint density at radius 1 is 1.67 bits per heavy atom. The van der Waals surface area contributed by atoms with Crippen LogP contribution < -0.4 is 10.6 Å². The van der Waals surface area contributed by atoms with Crippen molar-refractivity contribution in [1.29, 1.82) is 0 Å². The summed E-state index contributed by atoms with van der Waals surface area (Å²) in [5.74, 6) is 0. The quantitative estimate of drug-likeness (QED) is 0.741. The van der Waals surface area contributed by atoms with Crippen LogP contribution in [0.4, 0.5) is 0 Å². The number of aromatic nitrogens is 1. The van der Waals surface area contributed by atoms with Crippen LogP contribution in [0.2, 0.25) is 0 Å². The highest BCUT2D eigenvalue weighted by atomic mass is 32.1. The maximum absolute atomic E-state index is 4.27. The van der Waals surface area contributed by atoms with E-state index in [2.05, 4.69) is 27.9 Å². The van der Waals surface area contributed by atoms with E-state index in [1.807, 2.05) is 5.51 Å². The van der Waals surface area contributed by atoms with E-state index in [9.17, 15) is 0 Å². The first kappa shape index (κ1) is 11.0. The Morgan fingerprint density at radius 2 is 2.60 bits per heavy atom. The Hall–Kier alpha value is -0.450. The fraction of sp³-hybridized carbons (Fsp3) is 0.727. The van der Waals surface area contributed by atoms with Crippen molar-refractivity contribution in [2.45, 2.75) is 19.8 Å². The van der Waals surface area contributed by atoms with Gasteiger partial charge in [-0.25, -0.2) is 4.98 Å². The standard InChI is InChI=1S/C11H19N3S/c1-11(3-5-13-8-11)7-12-4-2-10-6-15-9-14-10/h6,9,12-13H,2-5,7-8H2,1H3. The van der Waals surface area contributed by atoms with Gasteiger partial charge < -0.3 is 10.6 Å². The van der Waals surface area contributed by atoms with Crippen LogP contribution in [0.25, 0.3) is 0 Å². The zero-order chi connectivity index (χ0) is 10.6. The van der Waals surface area contributed by atoms with Crippen molar-refractivity contribution in [2.75, 3.05) is 26.2 Å². The molecule has 0 radical (unpaired) electrons. The fourth-order valence-corrected chi connectivity index (χ4v) is 2.58. The Balaban J connectivity index is 1.62. The molecule has 1 unspecified atom stereocenters. The minimum absolute atomic E-state index is 0.460. The van der Waals surface area contributed by atoms with Crippen LogP contribution in [0.1, 0.15) is 19.0 Å². The van der Waals surface area contributed by atoms with E-state index in [1.165, 1.54) is 18.7 Å². The fourth-order valence-electron chi connectivity index (χ4n) is 1.99. The molecule has 1 fully saturated rings. The summed E-state index contributed by atoms with van der Waals surface area (Å²) >= 11 is 1.67. The molecule has 0 aromatic carbocycles. The highest BCUT2D eigenvalue weighted by Gasteiger charge is 2.27. The summed E-state index contributed by atoms with van der Waals surface area (Å²) in [5, 5.41) is 9.07. The molecule has 2 heterocycles. The van der Waals surface area contributed by atoms with Gasteiger partial charge in [0.25, 0.3) is 0 Å². The first-order valence-electron chi connectivity index (χ1n) is 5.57. The molecule has 0 spiro atoms. The SMILES string of the molecule is CC1(CNCCc2cscn2)CCNC1. The van der Waals surface area contributed by atoms with Gasteiger partial charge in [-0.3, -0.25) is 0 Å². The molecule has 15 heavy (non-hydrogen) atoms. The zero-order valence-corrected chi connectivity index (χ0v) is 10.1. The molecule has 4 heteroatoms. The van der Waals surface area contributed by atoms with Crippen molar-refractivity contribution in [3.8, 4) is 0 Å². The molecule has 1 saturated heterocycles. The summed E-state index contributed by atoms with van der Waals surface area (Å²) in [4.78, 5) is 4.27. The van der Waals surface area contributed by atoms with E-state index < -0.39 is 0 Å². The molecule has 1 aromatic rings. The van der Waals surface area contributed by atoms with Crippen LogP contribution >= 0.6 is 11.3 Å². The van der Waals surface area contributed by atoms with Crippen molar-refractivity contribution < 1.29 is 0 Å². The van der Waals surface area contributed by atoms with Crippen LogP contribution in [-0.4, -0.2) is 31.2 Å². The largest absolute Gasteiger partial charge is 0.316 e. The molecular formula is C11H19N3S. The molecule has 0 bridgehead atoms. The van der Waals surface area contributed by atoms with Gasteiger partial charge in [0.2, 0.25) is 0 Å². The number of hydrogen-bond acceptors (Lipinski definition) is 4. The Bertz CT molecular complexity index is 278. The topological polar surface area (TPSA) is 37.0 Å². The van der Waals surface area contributed by atoms with Gasteiger partial charge in [0.15, 0.2) is 0 Å². The number of hydrogen-bond donors (Lipinski definition) is 2. The first-order valence-corrected chi connectivity index (χ1v) is 6.51. The van der Waals surface area contributed by atoms with E-state index in [1.54, 1.807) is 11.3 Å². The molecular weight excluding hydrogens is 206 g/mol. The third kappa shape index (κ3) is 3.26. The smallest absolute Gasteiger partial charge is 0.0794 e. The lowest BCUT2D eigenvalue weighted by atomic mass is 9.90. The van der Waals surface area contributed by atoms with Crippen LogP contribution in [0, 0.1) is 5.41 Å².